The molecule has 3 aromatic heterocycles. The van der Waals surface area contributed by atoms with Gasteiger partial charge in [-0.25, -0.2) is 19.3 Å². The number of likely N-dealkylation sites (tertiary alicyclic amines) is 1. The van der Waals surface area contributed by atoms with Crippen molar-refractivity contribution >= 4 is 28.6 Å². The summed E-state index contributed by atoms with van der Waals surface area (Å²) in [6.45, 7) is 4.58. The van der Waals surface area contributed by atoms with E-state index in [1.165, 1.54) is 0 Å². The van der Waals surface area contributed by atoms with Gasteiger partial charge in [-0.15, -0.1) is 0 Å². The summed E-state index contributed by atoms with van der Waals surface area (Å²) in [5.41, 5.74) is 18.1. The van der Waals surface area contributed by atoms with Crippen molar-refractivity contribution in [3.8, 4) is 28.3 Å². The first kappa shape index (κ1) is 27.7. The molecule has 1 aliphatic carbocycles. The number of imidazole rings is 1. The van der Waals surface area contributed by atoms with Gasteiger partial charge in [-0.2, -0.15) is 0 Å². The molecule has 8 rings (SSSR count). The second-order valence-corrected chi connectivity index (χ2v) is 13.0. The molecule has 9 nitrogen and oxygen atoms in total. The average molecular weight is 603 g/mol. The number of nitrogen functional groups attached to an aromatic ring is 1. The minimum Gasteiger partial charge on any atom is -0.383 e. The number of benzene rings is 2. The molecule has 0 bridgehead atoms. The summed E-state index contributed by atoms with van der Waals surface area (Å²) in [5, 5.41) is 0. The van der Waals surface area contributed by atoms with E-state index in [4.69, 9.17) is 21.4 Å². The molecule has 2 aromatic carbocycles. The topological polar surface area (TPSA) is 119 Å². The van der Waals surface area contributed by atoms with Crippen molar-refractivity contribution in [3.05, 3.63) is 84.3 Å². The highest BCUT2D eigenvalue weighted by Crippen LogP contribution is 2.44. The van der Waals surface area contributed by atoms with Crippen molar-refractivity contribution in [1.82, 2.24) is 24.4 Å². The number of pyridine rings is 2. The highest BCUT2D eigenvalue weighted by Gasteiger charge is 2.49. The average Bonchev–Trinajstić information content (AvgIpc) is 3.63. The molecule has 1 saturated carbocycles. The number of aromatic nitrogens is 4. The maximum atomic E-state index is 16.2. The summed E-state index contributed by atoms with van der Waals surface area (Å²) >= 11 is 0. The summed E-state index contributed by atoms with van der Waals surface area (Å²) < 4.78 is 18.2. The number of rotatable bonds is 5. The molecule has 10 heteroatoms. The Morgan fingerprint density at radius 3 is 2.38 bits per heavy atom. The molecular weight excluding hydrogens is 567 g/mol. The van der Waals surface area contributed by atoms with Gasteiger partial charge >= 0.3 is 0 Å². The first-order valence-electron chi connectivity index (χ1n) is 15.5. The molecule has 3 fully saturated rings. The Kier molecular flexibility index (Phi) is 6.22. The van der Waals surface area contributed by atoms with E-state index in [2.05, 4.69) is 22.0 Å². The first-order chi connectivity index (χ1) is 21.7. The molecule has 3 aliphatic rings. The zero-order valence-electron chi connectivity index (χ0n) is 25.2. The van der Waals surface area contributed by atoms with Gasteiger partial charge in [0.25, 0.3) is 0 Å². The molecule has 0 radical (unpaired) electrons. The number of fused-ring (bicyclic) bond motifs is 1. The number of nitrogens with two attached hydrogens (primary N) is 2. The van der Waals surface area contributed by atoms with Gasteiger partial charge in [-0.05, 0) is 79.8 Å². The molecule has 1 spiro atoms. The minimum atomic E-state index is -0.304. The van der Waals surface area contributed by atoms with Gasteiger partial charge in [0.1, 0.15) is 11.3 Å². The van der Waals surface area contributed by atoms with Crippen LogP contribution in [0.4, 0.5) is 15.9 Å². The van der Waals surface area contributed by atoms with Gasteiger partial charge in [-0.3, -0.25) is 9.36 Å². The third kappa shape index (κ3) is 4.46. The molecular formula is C35H35FN8O. The molecule has 5 aromatic rings. The van der Waals surface area contributed by atoms with E-state index in [-0.39, 0.29) is 22.7 Å². The van der Waals surface area contributed by atoms with Crippen LogP contribution in [0.1, 0.15) is 38.2 Å². The summed E-state index contributed by atoms with van der Waals surface area (Å²) in [5.74, 6) is 0.768. The number of nitrogens with zero attached hydrogens (tertiary/aromatic N) is 6. The van der Waals surface area contributed by atoms with E-state index in [1.54, 1.807) is 19.2 Å². The molecule has 45 heavy (non-hydrogen) atoms. The fourth-order valence-corrected chi connectivity index (χ4v) is 7.29. The molecule has 2 aliphatic heterocycles. The smallest absolute Gasteiger partial charge is 0.219 e. The van der Waals surface area contributed by atoms with Crippen LogP contribution in [0.2, 0.25) is 0 Å². The van der Waals surface area contributed by atoms with Crippen molar-refractivity contribution in [2.75, 3.05) is 36.8 Å². The Balaban J connectivity index is 1.19. The number of halogens is 1. The number of anilines is 2. The second kappa shape index (κ2) is 10.1. The number of carbonyl (C=O) groups is 1. The fourth-order valence-electron chi connectivity index (χ4n) is 7.29. The Labute approximate surface area is 260 Å². The summed E-state index contributed by atoms with van der Waals surface area (Å²) in [7, 11) is 0. The SMILES string of the molecule is CC(=O)N1CCC2(C1)CN(c1cccc(-c3ccc4nc(-c5cccnc5N)n(-c5ccc(C6(N)CCC6)cc5)c4n3)c1F)C2. The van der Waals surface area contributed by atoms with E-state index in [0.29, 0.717) is 45.3 Å². The van der Waals surface area contributed by atoms with Crippen LogP contribution < -0.4 is 16.4 Å². The van der Waals surface area contributed by atoms with Crippen LogP contribution >= 0.6 is 0 Å². The molecule has 4 N–H and O–H groups in total. The molecule has 0 unspecified atom stereocenters. The van der Waals surface area contributed by atoms with Crippen molar-refractivity contribution in [3.63, 3.8) is 0 Å². The van der Waals surface area contributed by atoms with Crippen LogP contribution in [0.15, 0.2) is 72.9 Å². The number of hydrogen-bond donors (Lipinski definition) is 2. The van der Waals surface area contributed by atoms with Crippen molar-refractivity contribution in [2.24, 2.45) is 11.1 Å². The van der Waals surface area contributed by atoms with E-state index >= 15 is 4.39 Å². The van der Waals surface area contributed by atoms with E-state index in [0.717, 1.165) is 63.1 Å². The summed E-state index contributed by atoms with van der Waals surface area (Å²) in [6, 6.07) is 21.1. The largest absolute Gasteiger partial charge is 0.383 e. The fraction of sp³-hybridized carbons (Fsp3) is 0.314. The van der Waals surface area contributed by atoms with E-state index in [9.17, 15) is 4.79 Å². The quantitative estimate of drug-likeness (QED) is 0.281. The van der Waals surface area contributed by atoms with Gasteiger partial charge < -0.3 is 21.3 Å². The maximum Gasteiger partial charge on any atom is 0.219 e. The highest BCUT2D eigenvalue weighted by molar-refractivity contribution is 5.85. The number of carbonyl (C=O) groups excluding carboxylic acids is 1. The van der Waals surface area contributed by atoms with Crippen LogP contribution in [0, 0.1) is 11.2 Å². The summed E-state index contributed by atoms with van der Waals surface area (Å²) in [4.78, 5) is 30.1. The molecule has 5 heterocycles. The third-order valence-electron chi connectivity index (χ3n) is 10.1. The Morgan fingerprint density at radius 2 is 1.69 bits per heavy atom. The number of amides is 1. The zero-order valence-corrected chi connectivity index (χ0v) is 25.2. The van der Waals surface area contributed by atoms with E-state index in [1.807, 2.05) is 58.0 Å². The normalized spacial score (nSPS) is 18.3. The van der Waals surface area contributed by atoms with Crippen LogP contribution in [-0.2, 0) is 10.3 Å². The second-order valence-electron chi connectivity index (χ2n) is 13.0. The van der Waals surface area contributed by atoms with Gasteiger partial charge in [0.15, 0.2) is 17.3 Å². The van der Waals surface area contributed by atoms with Gasteiger partial charge in [-0.1, -0.05) is 18.2 Å². The Bertz CT molecular complexity index is 1960. The predicted octanol–water partition coefficient (Wildman–Crippen LogP) is 5.27. The van der Waals surface area contributed by atoms with Crippen LogP contribution in [-0.4, -0.2) is 56.5 Å². The lowest BCUT2D eigenvalue weighted by molar-refractivity contribution is -0.128. The van der Waals surface area contributed by atoms with Crippen molar-refractivity contribution in [1.29, 1.82) is 0 Å². The highest BCUT2D eigenvalue weighted by atomic mass is 19.1. The van der Waals surface area contributed by atoms with Crippen LogP contribution in [0.25, 0.3) is 39.5 Å². The van der Waals surface area contributed by atoms with Crippen molar-refractivity contribution in [2.45, 2.75) is 38.1 Å². The zero-order chi connectivity index (χ0) is 30.9. The molecule has 228 valence electrons. The Morgan fingerprint density at radius 1 is 0.911 bits per heavy atom. The molecule has 0 atom stereocenters. The lowest BCUT2D eigenvalue weighted by Crippen LogP contribution is -2.58. The molecule has 1 amide bonds. The minimum absolute atomic E-state index is 0.0417. The standard InChI is InChI=1S/C35H35FN8O/c1-22(45)42-18-16-34(19-42)20-43(21-34)29-7-2-5-25(30(29)36)27-12-13-28-33(40-27)44(32(41-28)26-6-3-17-39-31(26)37)24-10-8-23(9-11-24)35(38)14-4-15-35/h2-3,5-13,17H,4,14-16,18-21,38H2,1H3,(H2,37,39). The van der Waals surface area contributed by atoms with Gasteiger partial charge in [0, 0.05) is 61.5 Å². The van der Waals surface area contributed by atoms with Gasteiger partial charge in [0.2, 0.25) is 5.91 Å². The van der Waals surface area contributed by atoms with Gasteiger partial charge in [0.05, 0.1) is 16.9 Å². The predicted molar refractivity (Wildman–Crippen MR) is 173 cm³/mol. The lowest BCUT2D eigenvalue weighted by atomic mass is 9.73. The Hall–Kier alpha value is -4.83. The van der Waals surface area contributed by atoms with Crippen molar-refractivity contribution < 1.29 is 9.18 Å². The molecule has 2 saturated heterocycles. The number of hydrogen-bond acceptors (Lipinski definition) is 7. The third-order valence-corrected chi connectivity index (χ3v) is 10.1. The van der Waals surface area contributed by atoms with Crippen LogP contribution in [0.3, 0.4) is 0 Å². The maximum absolute atomic E-state index is 16.2. The summed E-state index contributed by atoms with van der Waals surface area (Å²) in [6.07, 6.45) is 5.68. The monoisotopic (exact) mass is 602 g/mol. The first-order valence-corrected chi connectivity index (χ1v) is 15.5. The lowest BCUT2D eigenvalue weighted by Gasteiger charge is -2.49. The van der Waals surface area contributed by atoms with E-state index < -0.39 is 0 Å². The van der Waals surface area contributed by atoms with Crippen LogP contribution in [0.5, 0.6) is 0 Å².